The van der Waals surface area contributed by atoms with Crippen LogP contribution in [0.25, 0.3) is 10.2 Å². The van der Waals surface area contributed by atoms with E-state index in [9.17, 15) is 14.9 Å². The lowest BCUT2D eigenvalue weighted by molar-refractivity contribution is -0.385. The Morgan fingerprint density at radius 1 is 1.38 bits per heavy atom. The van der Waals surface area contributed by atoms with E-state index in [1.165, 1.54) is 23.0 Å². The molecule has 2 heterocycles. The van der Waals surface area contributed by atoms with E-state index in [1.54, 1.807) is 19.1 Å². The van der Waals surface area contributed by atoms with E-state index in [4.69, 9.17) is 10.7 Å². The quantitative estimate of drug-likeness (QED) is 0.370. The van der Waals surface area contributed by atoms with Crippen molar-refractivity contribution in [3.63, 3.8) is 0 Å². The second-order valence-electron chi connectivity index (χ2n) is 9.29. The number of aryl methyl sites for hydroxylation is 2. The summed E-state index contributed by atoms with van der Waals surface area (Å²) in [6.07, 6.45) is 4.16. The molecule has 0 fully saturated rings. The van der Waals surface area contributed by atoms with Crippen molar-refractivity contribution in [3.05, 3.63) is 56.1 Å². The number of nitro benzene ring substituents is 1. The Morgan fingerprint density at radius 3 is 2.81 bits per heavy atom. The van der Waals surface area contributed by atoms with E-state index in [0.717, 1.165) is 41.6 Å². The first-order chi connectivity index (χ1) is 15.1. The third-order valence-electron chi connectivity index (χ3n) is 6.97. The summed E-state index contributed by atoms with van der Waals surface area (Å²) >= 11 is 1.27. The lowest BCUT2D eigenvalue weighted by atomic mass is 9.69. The number of amides is 1. The van der Waals surface area contributed by atoms with Gasteiger partial charge in [0.05, 0.1) is 10.6 Å². The van der Waals surface area contributed by atoms with Gasteiger partial charge in [-0.2, -0.15) is 0 Å². The van der Waals surface area contributed by atoms with Gasteiger partial charge in [0.1, 0.15) is 9.71 Å². The summed E-state index contributed by atoms with van der Waals surface area (Å²) in [6.45, 7) is 8.55. The van der Waals surface area contributed by atoms with Crippen LogP contribution in [0, 0.1) is 28.4 Å². The Kier molecular flexibility index (Phi) is 5.67. The number of nitrogens with one attached hydrogen (secondary N) is 1. The predicted octanol–water partition coefficient (Wildman–Crippen LogP) is 5.89. The van der Waals surface area contributed by atoms with Crippen molar-refractivity contribution in [1.82, 2.24) is 4.98 Å². The molecule has 8 heteroatoms. The highest BCUT2D eigenvalue weighted by molar-refractivity contribution is 7.21. The minimum atomic E-state index is -0.458. The second-order valence-corrected chi connectivity index (χ2v) is 10.3. The molecule has 168 valence electrons. The zero-order valence-corrected chi connectivity index (χ0v) is 19.6. The van der Waals surface area contributed by atoms with Gasteiger partial charge in [-0.3, -0.25) is 14.9 Å². The molecular formula is C24H28N4O3S. The average molecular weight is 453 g/mol. The van der Waals surface area contributed by atoms with E-state index in [0.29, 0.717) is 27.7 Å². The van der Waals surface area contributed by atoms with E-state index in [1.807, 2.05) is 0 Å². The Balaban J connectivity index is 1.64. The van der Waals surface area contributed by atoms with Crippen LogP contribution in [-0.4, -0.2) is 15.8 Å². The lowest BCUT2D eigenvalue weighted by Gasteiger charge is -2.36. The van der Waals surface area contributed by atoms with Crippen LogP contribution in [0.3, 0.4) is 0 Å². The molecule has 3 N–H and O–H groups in total. The molecule has 1 aliphatic rings. The average Bonchev–Trinajstić information content (AvgIpc) is 3.08. The highest BCUT2D eigenvalue weighted by Gasteiger charge is 2.32. The van der Waals surface area contributed by atoms with Crippen LogP contribution in [0.1, 0.15) is 60.1 Å². The van der Waals surface area contributed by atoms with Gasteiger partial charge in [0.15, 0.2) is 0 Å². The maximum Gasteiger partial charge on any atom is 0.274 e. The molecular weight excluding hydrogens is 424 g/mol. The number of nitrogen functional groups attached to an aromatic ring is 1. The van der Waals surface area contributed by atoms with E-state index in [2.05, 4.69) is 32.2 Å². The number of aromatic nitrogens is 1. The fraction of sp³-hybridized carbons (Fsp3) is 0.417. The van der Waals surface area contributed by atoms with Crippen LogP contribution in [-0.2, 0) is 12.8 Å². The van der Waals surface area contributed by atoms with Gasteiger partial charge in [0.2, 0.25) is 0 Å². The normalized spacial score (nSPS) is 16.1. The smallest absolute Gasteiger partial charge is 0.274 e. The number of anilines is 2. The monoisotopic (exact) mass is 452 g/mol. The Bertz CT molecular complexity index is 1230. The number of rotatable bonds is 5. The molecule has 1 unspecified atom stereocenters. The summed E-state index contributed by atoms with van der Waals surface area (Å²) in [6, 6.07) is 6.74. The highest BCUT2D eigenvalue weighted by atomic mass is 32.1. The fourth-order valence-electron chi connectivity index (χ4n) is 4.39. The van der Waals surface area contributed by atoms with Crippen molar-refractivity contribution in [1.29, 1.82) is 0 Å². The number of carbonyl (C=O) groups excluding carboxylic acids is 1. The largest absolute Gasteiger partial charge is 0.397 e. The highest BCUT2D eigenvalue weighted by Crippen LogP contribution is 2.42. The molecule has 1 aromatic carbocycles. The number of nitrogens with zero attached hydrogens (tertiary/aromatic N) is 2. The van der Waals surface area contributed by atoms with Crippen LogP contribution >= 0.6 is 11.3 Å². The predicted molar refractivity (Wildman–Crippen MR) is 129 cm³/mol. The number of pyridine rings is 1. The zero-order valence-electron chi connectivity index (χ0n) is 18.8. The number of hydrogen-bond acceptors (Lipinski definition) is 6. The summed E-state index contributed by atoms with van der Waals surface area (Å²) in [7, 11) is 0. The van der Waals surface area contributed by atoms with Gasteiger partial charge >= 0.3 is 0 Å². The summed E-state index contributed by atoms with van der Waals surface area (Å²) in [5.74, 6) is 0.214. The van der Waals surface area contributed by atoms with Crippen LogP contribution < -0.4 is 11.1 Å². The van der Waals surface area contributed by atoms with Gasteiger partial charge in [-0.25, -0.2) is 4.98 Å². The molecule has 0 radical (unpaired) electrons. The molecule has 0 spiro atoms. The number of hydrogen-bond donors (Lipinski definition) is 2. The molecule has 1 aliphatic carbocycles. The molecule has 0 bridgehead atoms. The van der Waals surface area contributed by atoms with Crippen molar-refractivity contribution in [2.24, 2.45) is 11.3 Å². The second kappa shape index (κ2) is 8.16. The molecule has 3 aromatic rings. The van der Waals surface area contributed by atoms with Crippen LogP contribution in [0.2, 0.25) is 0 Å². The Morgan fingerprint density at radius 2 is 2.12 bits per heavy atom. The van der Waals surface area contributed by atoms with Crippen LogP contribution in [0.4, 0.5) is 17.1 Å². The maximum absolute atomic E-state index is 12.9. The van der Waals surface area contributed by atoms with E-state index in [-0.39, 0.29) is 17.0 Å². The van der Waals surface area contributed by atoms with Gasteiger partial charge < -0.3 is 11.1 Å². The minimum Gasteiger partial charge on any atom is -0.397 e. The molecule has 4 rings (SSSR count). The lowest BCUT2D eigenvalue weighted by Crippen LogP contribution is -2.29. The molecule has 32 heavy (non-hydrogen) atoms. The van der Waals surface area contributed by atoms with Gasteiger partial charge in [-0.05, 0) is 55.2 Å². The van der Waals surface area contributed by atoms with Crippen molar-refractivity contribution >= 4 is 44.5 Å². The minimum absolute atomic E-state index is 0.0361. The summed E-state index contributed by atoms with van der Waals surface area (Å²) in [4.78, 5) is 29.7. The van der Waals surface area contributed by atoms with Crippen LogP contribution in [0.15, 0.2) is 24.3 Å². The summed E-state index contributed by atoms with van der Waals surface area (Å²) in [5.41, 5.74) is 10.2. The molecule has 2 aromatic heterocycles. The summed E-state index contributed by atoms with van der Waals surface area (Å²) < 4.78 is 0. The summed E-state index contributed by atoms with van der Waals surface area (Å²) in [5, 5.41) is 14.8. The standard InChI is InChI=1S/C24H28N4O3S/c1-5-24(3,4)15-7-9-18-14(10-15)11-17-20(25)21(32-23(17)27-18)22(29)26-16-8-6-13(2)19(12-16)28(30)31/h6,8,11-12,15H,5,7,9-10,25H2,1-4H3,(H,26,29). The van der Waals surface area contributed by atoms with Crippen molar-refractivity contribution in [2.45, 2.75) is 53.4 Å². The van der Waals surface area contributed by atoms with Gasteiger partial charge in [-0.1, -0.05) is 33.3 Å². The van der Waals surface area contributed by atoms with Gasteiger partial charge in [0, 0.05) is 28.4 Å². The molecule has 0 saturated heterocycles. The van der Waals surface area contributed by atoms with Gasteiger partial charge in [-0.15, -0.1) is 11.3 Å². The molecule has 1 amide bonds. The third kappa shape index (κ3) is 3.95. The maximum atomic E-state index is 12.9. The van der Waals surface area contributed by atoms with Crippen molar-refractivity contribution in [2.75, 3.05) is 11.1 Å². The van der Waals surface area contributed by atoms with Gasteiger partial charge in [0.25, 0.3) is 11.6 Å². The molecule has 7 nitrogen and oxygen atoms in total. The van der Waals surface area contributed by atoms with Crippen LogP contribution in [0.5, 0.6) is 0 Å². The number of nitrogens with two attached hydrogens (primary N) is 1. The van der Waals surface area contributed by atoms with Crippen molar-refractivity contribution in [3.8, 4) is 0 Å². The Hall–Kier alpha value is -3.00. The fourth-order valence-corrected chi connectivity index (χ4v) is 5.38. The Labute approximate surface area is 191 Å². The number of benzene rings is 1. The number of nitro groups is 1. The number of thiophene rings is 1. The molecule has 1 atom stereocenters. The first-order valence-corrected chi connectivity index (χ1v) is 11.7. The number of carbonyl (C=O) groups is 1. The first-order valence-electron chi connectivity index (χ1n) is 10.9. The van der Waals surface area contributed by atoms with Crippen molar-refractivity contribution < 1.29 is 9.72 Å². The SMILES string of the molecule is CCC(C)(C)C1CCc2nc3sc(C(=O)Nc4ccc(C)c([N+](=O)[O-])c4)c(N)c3cc2C1. The van der Waals surface area contributed by atoms with E-state index >= 15 is 0 Å². The first kappa shape index (κ1) is 22.2. The molecule has 0 saturated carbocycles. The third-order valence-corrected chi connectivity index (χ3v) is 8.09. The zero-order chi connectivity index (χ0) is 23.2. The number of fused-ring (bicyclic) bond motifs is 2. The topological polar surface area (TPSA) is 111 Å². The molecule has 0 aliphatic heterocycles. The van der Waals surface area contributed by atoms with E-state index < -0.39 is 4.92 Å².